The molecule has 0 spiro atoms. The second kappa shape index (κ2) is 4.42. The van der Waals surface area contributed by atoms with E-state index >= 15 is 0 Å². The smallest absolute Gasteiger partial charge is 0.309 e. The molecule has 3 nitrogen and oxygen atoms in total. The maximum Gasteiger partial charge on any atom is 0.309 e. The van der Waals surface area contributed by atoms with Gasteiger partial charge in [-0.1, -0.05) is 18.2 Å². The molecule has 1 saturated carbocycles. The van der Waals surface area contributed by atoms with E-state index < -0.39 is 5.97 Å². The van der Waals surface area contributed by atoms with Crippen molar-refractivity contribution >= 4 is 17.3 Å². The van der Waals surface area contributed by atoms with Gasteiger partial charge < -0.3 is 5.11 Å². The lowest BCUT2D eigenvalue weighted by atomic mass is 9.96. The highest BCUT2D eigenvalue weighted by Crippen LogP contribution is 2.54. The van der Waals surface area contributed by atoms with Crippen molar-refractivity contribution in [1.82, 2.24) is 4.98 Å². The van der Waals surface area contributed by atoms with Gasteiger partial charge in [-0.15, -0.1) is 11.3 Å². The Hall–Kier alpha value is -1.75. The molecule has 1 heterocycles. The minimum absolute atomic E-state index is 0.0795. The number of hydrogen-bond acceptors (Lipinski definition) is 3. The summed E-state index contributed by atoms with van der Waals surface area (Å²) in [5.74, 6) is -1.11. The fraction of sp³-hybridized carbons (Fsp3) is 0.286. The summed E-state index contributed by atoms with van der Waals surface area (Å²) in [6, 6.07) is 6.75. The maximum absolute atomic E-state index is 13.9. The number of carboxylic acid groups (broad SMARTS) is 1. The largest absolute Gasteiger partial charge is 0.481 e. The van der Waals surface area contributed by atoms with Gasteiger partial charge in [-0.05, 0) is 18.9 Å². The van der Waals surface area contributed by atoms with Crippen molar-refractivity contribution in [1.29, 1.82) is 0 Å². The number of nitrogens with zero attached hydrogens (tertiary/aromatic N) is 1. The predicted octanol–water partition coefficient (Wildman–Crippen LogP) is 2.99. The normalized spacial score (nSPS) is 16.3. The topological polar surface area (TPSA) is 50.2 Å². The molecule has 1 aliphatic rings. The van der Waals surface area contributed by atoms with Crippen LogP contribution in [-0.2, 0) is 16.6 Å². The maximum atomic E-state index is 13.9. The molecule has 98 valence electrons. The molecule has 3 rings (SSSR count). The van der Waals surface area contributed by atoms with Crippen molar-refractivity contribution in [2.75, 3.05) is 0 Å². The molecule has 19 heavy (non-hydrogen) atoms. The quantitative estimate of drug-likeness (QED) is 0.934. The van der Waals surface area contributed by atoms with Crippen LogP contribution < -0.4 is 0 Å². The van der Waals surface area contributed by atoms with Crippen LogP contribution in [0.2, 0.25) is 0 Å². The van der Waals surface area contributed by atoms with Gasteiger partial charge in [0.25, 0.3) is 0 Å². The van der Waals surface area contributed by atoms with E-state index in [4.69, 9.17) is 5.11 Å². The van der Waals surface area contributed by atoms with Crippen molar-refractivity contribution in [2.24, 2.45) is 0 Å². The van der Waals surface area contributed by atoms with Crippen LogP contribution in [0, 0.1) is 5.82 Å². The first-order valence-electron chi connectivity index (χ1n) is 6.03. The average Bonchev–Trinajstić information content (AvgIpc) is 3.04. The molecule has 0 atom stereocenters. The summed E-state index contributed by atoms with van der Waals surface area (Å²) in [4.78, 5) is 15.0. The van der Waals surface area contributed by atoms with E-state index in [0.29, 0.717) is 11.3 Å². The van der Waals surface area contributed by atoms with Gasteiger partial charge in [0.1, 0.15) is 10.8 Å². The van der Waals surface area contributed by atoms with Crippen molar-refractivity contribution in [3.8, 4) is 0 Å². The minimum Gasteiger partial charge on any atom is -0.481 e. The Balaban J connectivity index is 1.95. The van der Waals surface area contributed by atoms with Gasteiger partial charge in [-0.25, -0.2) is 9.37 Å². The van der Waals surface area contributed by atoms with Crippen molar-refractivity contribution in [3.63, 3.8) is 0 Å². The van der Waals surface area contributed by atoms with Crippen LogP contribution >= 0.6 is 11.3 Å². The highest BCUT2D eigenvalue weighted by atomic mass is 32.1. The van der Waals surface area contributed by atoms with Gasteiger partial charge in [0.2, 0.25) is 0 Å². The number of rotatable bonds is 4. The first-order valence-corrected chi connectivity index (χ1v) is 6.91. The van der Waals surface area contributed by atoms with Crippen LogP contribution in [0.5, 0.6) is 0 Å². The molecule has 0 amide bonds. The highest BCUT2D eigenvalue weighted by molar-refractivity contribution is 7.09. The van der Waals surface area contributed by atoms with E-state index in [1.54, 1.807) is 17.5 Å². The Morgan fingerprint density at radius 3 is 2.79 bits per heavy atom. The number of hydrogen-bond donors (Lipinski definition) is 1. The summed E-state index contributed by atoms with van der Waals surface area (Å²) < 4.78 is 13.9. The zero-order valence-electron chi connectivity index (χ0n) is 10.1. The van der Waals surface area contributed by atoms with Gasteiger partial charge in [0.05, 0.1) is 17.5 Å². The molecule has 1 aromatic heterocycles. The zero-order chi connectivity index (χ0) is 13.5. The van der Waals surface area contributed by atoms with Crippen LogP contribution in [0.25, 0.3) is 0 Å². The molecule has 0 bridgehead atoms. The fourth-order valence-corrected chi connectivity index (χ4v) is 3.43. The summed E-state index contributed by atoms with van der Waals surface area (Å²) in [6.07, 6.45) is 1.66. The molecule has 5 heteroatoms. The van der Waals surface area contributed by atoms with Crippen molar-refractivity contribution in [3.05, 3.63) is 51.7 Å². The van der Waals surface area contributed by atoms with Gasteiger partial charge >= 0.3 is 5.97 Å². The minimum atomic E-state index is -0.896. The summed E-state index contributed by atoms with van der Waals surface area (Å²) in [5, 5.41) is 11.3. The number of aromatic nitrogens is 1. The van der Waals surface area contributed by atoms with Crippen LogP contribution in [0.1, 0.15) is 29.1 Å². The SMILES string of the molecule is O=C(O)Cc1csc(C2(c3ccccc3F)CC2)n1. The lowest BCUT2D eigenvalue weighted by Crippen LogP contribution is -2.11. The van der Waals surface area contributed by atoms with Gasteiger partial charge in [-0.3, -0.25) is 4.79 Å². The van der Waals surface area contributed by atoms with Gasteiger partial charge in [-0.2, -0.15) is 0 Å². The second-order valence-electron chi connectivity index (χ2n) is 4.78. The van der Waals surface area contributed by atoms with E-state index in [2.05, 4.69) is 4.98 Å². The van der Waals surface area contributed by atoms with E-state index in [-0.39, 0.29) is 17.7 Å². The fourth-order valence-electron chi connectivity index (χ4n) is 2.34. The summed E-state index contributed by atoms with van der Waals surface area (Å²) in [7, 11) is 0. The molecule has 1 aromatic carbocycles. The third kappa shape index (κ3) is 2.14. The highest BCUT2D eigenvalue weighted by Gasteiger charge is 2.49. The summed E-state index contributed by atoms with van der Waals surface area (Å²) in [6.45, 7) is 0. The Morgan fingerprint density at radius 2 is 2.16 bits per heavy atom. The van der Waals surface area contributed by atoms with E-state index in [1.165, 1.54) is 17.4 Å². The molecular formula is C14H12FNO2S. The number of carbonyl (C=O) groups is 1. The molecule has 2 aromatic rings. The monoisotopic (exact) mass is 277 g/mol. The Kier molecular flexibility index (Phi) is 2.86. The molecule has 0 radical (unpaired) electrons. The van der Waals surface area contributed by atoms with Crippen LogP contribution in [0.4, 0.5) is 4.39 Å². The summed E-state index contributed by atoms with van der Waals surface area (Å²) in [5.41, 5.74) is 0.897. The zero-order valence-corrected chi connectivity index (χ0v) is 10.9. The molecule has 0 aliphatic heterocycles. The number of thiazole rings is 1. The standard InChI is InChI=1S/C14H12FNO2S/c15-11-4-2-1-3-10(11)14(5-6-14)13-16-9(8-19-13)7-12(17)18/h1-4,8H,5-7H2,(H,17,18). The van der Waals surface area contributed by atoms with E-state index in [0.717, 1.165) is 17.8 Å². The molecule has 1 N–H and O–H groups in total. The third-order valence-corrected chi connectivity index (χ3v) is 4.53. The molecule has 0 saturated heterocycles. The van der Waals surface area contributed by atoms with Crippen molar-refractivity contribution < 1.29 is 14.3 Å². The van der Waals surface area contributed by atoms with Crippen LogP contribution in [0.3, 0.4) is 0 Å². The first kappa shape index (κ1) is 12.3. The van der Waals surface area contributed by atoms with Crippen LogP contribution in [0.15, 0.2) is 29.6 Å². The lowest BCUT2D eigenvalue weighted by molar-refractivity contribution is -0.136. The molecule has 1 aliphatic carbocycles. The van der Waals surface area contributed by atoms with E-state index in [9.17, 15) is 9.18 Å². The average molecular weight is 277 g/mol. The molecule has 0 unspecified atom stereocenters. The Labute approximate surface area is 113 Å². The van der Waals surface area contributed by atoms with Gasteiger partial charge in [0, 0.05) is 10.9 Å². The van der Waals surface area contributed by atoms with Gasteiger partial charge in [0.15, 0.2) is 0 Å². The Morgan fingerprint density at radius 1 is 1.42 bits per heavy atom. The second-order valence-corrected chi connectivity index (χ2v) is 5.63. The predicted molar refractivity (Wildman–Crippen MR) is 69.9 cm³/mol. The third-order valence-electron chi connectivity index (χ3n) is 3.43. The first-order chi connectivity index (χ1) is 9.12. The molecular weight excluding hydrogens is 265 g/mol. The van der Waals surface area contributed by atoms with Crippen LogP contribution in [-0.4, -0.2) is 16.1 Å². The van der Waals surface area contributed by atoms with Crippen molar-refractivity contribution in [2.45, 2.75) is 24.7 Å². The Bertz CT molecular complexity index is 634. The number of halogens is 1. The number of aliphatic carboxylic acids is 1. The van der Waals surface area contributed by atoms with E-state index in [1.807, 2.05) is 6.07 Å². The number of benzene rings is 1. The number of carboxylic acids is 1. The lowest BCUT2D eigenvalue weighted by Gasteiger charge is -2.13. The molecule has 1 fully saturated rings. The summed E-state index contributed by atoms with van der Waals surface area (Å²) >= 11 is 1.42.